The van der Waals surface area contributed by atoms with E-state index >= 15 is 0 Å². The zero-order chi connectivity index (χ0) is 24.6. The van der Waals surface area contributed by atoms with Crippen LogP contribution in [-0.4, -0.2) is 0 Å². The number of hydrogen-bond acceptors (Lipinski definition) is 0. The molecule has 0 N–H and O–H groups in total. The molecule has 0 aliphatic heterocycles. The first-order chi connectivity index (χ1) is 16.9. The van der Waals surface area contributed by atoms with Crippen LogP contribution in [0.1, 0.15) is 206 Å². The molecule has 0 radical (unpaired) electrons. The summed E-state index contributed by atoms with van der Waals surface area (Å²) in [6, 6.07) is 0. The SMILES string of the molecule is C/C=C\CCCCCCCCCCCCCCCCCCCCCCCCCCCCCCC. The highest BCUT2D eigenvalue weighted by Crippen LogP contribution is 2.16. The van der Waals surface area contributed by atoms with Crippen LogP contribution in [0.25, 0.3) is 0 Å². The monoisotopic (exact) mass is 477 g/mol. The van der Waals surface area contributed by atoms with Gasteiger partial charge in [-0.2, -0.15) is 0 Å². The molecule has 0 saturated heterocycles. The van der Waals surface area contributed by atoms with Crippen LogP contribution in [0.3, 0.4) is 0 Å². The van der Waals surface area contributed by atoms with E-state index in [9.17, 15) is 0 Å². The minimum absolute atomic E-state index is 1.29. The number of hydrogen-bond donors (Lipinski definition) is 0. The van der Waals surface area contributed by atoms with Crippen molar-refractivity contribution in [2.75, 3.05) is 0 Å². The van der Waals surface area contributed by atoms with Crippen molar-refractivity contribution in [3.05, 3.63) is 12.2 Å². The van der Waals surface area contributed by atoms with Crippen molar-refractivity contribution in [3.63, 3.8) is 0 Å². The Morgan fingerprint density at radius 1 is 0.294 bits per heavy atom. The van der Waals surface area contributed by atoms with Gasteiger partial charge in [-0.25, -0.2) is 0 Å². The summed E-state index contributed by atoms with van der Waals surface area (Å²) in [5.74, 6) is 0. The molecule has 34 heavy (non-hydrogen) atoms. The minimum atomic E-state index is 1.29. The topological polar surface area (TPSA) is 0 Å². The Hall–Kier alpha value is -0.260. The lowest BCUT2D eigenvalue weighted by Gasteiger charge is -2.04. The van der Waals surface area contributed by atoms with Gasteiger partial charge in [-0.1, -0.05) is 199 Å². The molecular formula is C34H68. The van der Waals surface area contributed by atoms with Crippen molar-refractivity contribution in [2.24, 2.45) is 0 Å². The van der Waals surface area contributed by atoms with Gasteiger partial charge in [-0.3, -0.25) is 0 Å². The Morgan fingerprint density at radius 3 is 0.706 bits per heavy atom. The highest BCUT2D eigenvalue weighted by Gasteiger charge is 1.96. The molecule has 0 aromatic rings. The Balaban J connectivity index is 3.00. The first-order valence-corrected chi connectivity index (χ1v) is 16.5. The molecule has 0 aliphatic carbocycles. The molecule has 0 aliphatic rings. The summed E-state index contributed by atoms with van der Waals surface area (Å²) in [5.41, 5.74) is 0. The van der Waals surface area contributed by atoms with Crippen LogP contribution in [0.15, 0.2) is 12.2 Å². The van der Waals surface area contributed by atoms with E-state index in [1.807, 2.05) is 0 Å². The van der Waals surface area contributed by atoms with Crippen LogP contribution in [0.4, 0.5) is 0 Å². The Labute approximate surface area is 218 Å². The molecule has 0 heteroatoms. The smallest absolute Gasteiger partial charge is 0.0351 e. The Bertz CT molecular complexity index is 355. The van der Waals surface area contributed by atoms with Gasteiger partial charge in [0.25, 0.3) is 0 Å². The lowest BCUT2D eigenvalue weighted by Crippen LogP contribution is -1.85. The van der Waals surface area contributed by atoms with Gasteiger partial charge in [0, 0.05) is 0 Å². The van der Waals surface area contributed by atoms with Gasteiger partial charge in [0.05, 0.1) is 0 Å². The first kappa shape index (κ1) is 33.7. The zero-order valence-corrected chi connectivity index (χ0v) is 24.4. The second-order valence-corrected chi connectivity index (χ2v) is 11.3. The molecule has 0 nitrogen and oxygen atoms in total. The van der Waals surface area contributed by atoms with E-state index in [0.717, 1.165) is 0 Å². The summed E-state index contributed by atoms with van der Waals surface area (Å²) in [6.45, 7) is 4.43. The quantitative estimate of drug-likeness (QED) is 0.0714. The summed E-state index contributed by atoms with van der Waals surface area (Å²) < 4.78 is 0. The lowest BCUT2D eigenvalue weighted by atomic mass is 10.0. The van der Waals surface area contributed by atoms with Gasteiger partial charge < -0.3 is 0 Å². The number of rotatable bonds is 30. The van der Waals surface area contributed by atoms with Crippen molar-refractivity contribution in [3.8, 4) is 0 Å². The third kappa shape index (κ3) is 31.7. The molecule has 0 rings (SSSR count). The summed E-state index contributed by atoms with van der Waals surface area (Å²) in [7, 11) is 0. The van der Waals surface area contributed by atoms with Crippen LogP contribution in [-0.2, 0) is 0 Å². The normalized spacial score (nSPS) is 11.7. The fourth-order valence-corrected chi connectivity index (χ4v) is 5.28. The summed E-state index contributed by atoms with van der Waals surface area (Å²) in [4.78, 5) is 0. The van der Waals surface area contributed by atoms with E-state index in [1.165, 1.54) is 193 Å². The van der Waals surface area contributed by atoms with E-state index in [0.29, 0.717) is 0 Å². The maximum Gasteiger partial charge on any atom is -0.0351 e. The molecule has 0 fully saturated rings. The molecule has 0 aromatic heterocycles. The average Bonchev–Trinajstić information content (AvgIpc) is 2.85. The van der Waals surface area contributed by atoms with Gasteiger partial charge in [0.2, 0.25) is 0 Å². The maximum absolute atomic E-state index is 2.31. The van der Waals surface area contributed by atoms with E-state index in [4.69, 9.17) is 0 Å². The van der Waals surface area contributed by atoms with Crippen LogP contribution in [0.5, 0.6) is 0 Å². The molecule has 204 valence electrons. The van der Waals surface area contributed by atoms with Crippen molar-refractivity contribution >= 4 is 0 Å². The number of unbranched alkanes of at least 4 members (excludes halogenated alkanes) is 29. The van der Waals surface area contributed by atoms with E-state index in [-0.39, 0.29) is 0 Å². The fourth-order valence-electron chi connectivity index (χ4n) is 5.28. The summed E-state index contributed by atoms with van der Waals surface area (Å²) in [5, 5.41) is 0. The summed E-state index contributed by atoms with van der Waals surface area (Å²) >= 11 is 0. The molecular weight excluding hydrogens is 408 g/mol. The predicted octanol–water partition coefficient (Wildman–Crippen LogP) is 13.3. The largest absolute Gasteiger partial charge is 0.0917 e. The Kier molecular flexibility index (Phi) is 32.5. The van der Waals surface area contributed by atoms with Crippen molar-refractivity contribution < 1.29 is 0 Å². The van der Waals surface area contributed by atoms with Gasteiger partial charge in [0.1, 0.15) is 0 Å². The van der Waals surface area contributed by atoms with Crippen molar-refractivity contribution in [1.82, 2.24) is 0 Å². The lowest BCUT2D eigenvalue weighted by molar-refractivity contribution is 0.513. The molecule has 0 spiro atoms. The maximum atomic E-state index is 2.31. The highest BCUT2D eigenvalue weighted by molar-refractivity contribution is 4.76. The summed E-state index contributed by atoms with van der Waals surface area (Å²) in [6.07, 6.45) is 48.6. The average molecular weight is 477 g/mol. The van der Waals surface area contributed by atoms with Gasteiger partial charge in [-0.05, 0) is 19.8 Å². The second-order valence-electron chi connectivity index (χ2n) is 11.3. The Morgan fingerprint density at radius 2 is 0.500 bits per heavy atom. The predicted molar refractivity (Wildman–Crippen MR) is 159 cm³/mol. The molecule has 0 amide bonds. The van der Waals surface area contributed by atoms with Crippen LogP contribution < -0.4 is 0 Å². The second kappa shape index (κ2) is 32.7. The van der Waals surface area contributed by atoms with Crippen molar-refractivity contribution in [1.29, 1.82) is 0 Å². The zero-order valence-electron chi connectivity index (χ0n) is 24.4. The van der Waals surface area contributed by atoms with Crippen molar-refractivity contribution in [2.45, 2.75) is 206 Å². The number of allylic oxidation sites excluding steroid dienone is 2. The van der Waals surface area contributed by atoms with E-state index < -0.39 is 0 Å². The van der Waals surface area contributed by atoms with E-state index in [2.05, 4.69) is 26.0 Å². The molecule has 0 aromatic carbocycles. The third-order valence-electron chi connectivity index (χ3n) is 7.71. The van der Waals surface area contributed by atoms with Gasteiger partial charge in [-0.15, -0.1) is 0 Å². The van der Waals surface area contributed by atoms with Gasteiger partial charge >= 0.3 is 0 Å². The molecule has 0 saturated carbocycles. The minimum Gasteiger partial charge on any atom is -0.0917 e. The van der Waals surface area contributed by atoms with E-state index in [1.54, 1.807) is 0 Å². The van der Waals surface area contributed by atoms with Crippen LogP contribution in [0, 0.1) is 0 Å². The van der Waals surface area contributed by atoms with Crippen LogP contribution >= 0.6 is 0 Å². The van der Waals surface area contributed by atoms with Crippen LogP contribution in [0.2, 0.25) is 0 Å². The molecule has 0 heterocycles. The standard InChI is InChI=1S/C34H68/c1-3-5-7-9-11-13-15-17-19-21-23-25-27-29-31-33-34-32-30-28-26-24-22-20-18-16-14-12-10-8-6-4-2/h3,5H,4,6-34H2,1-2H3/b5-3-. The molecule has 0 atom stereocenters. The first-order valence-electron chi connectivity index (χ1n) is 16.5. The third-order valence-corrected chi connectivity index (χ3v) is 7.71. The molecule has 0 bridgehead atoms. The fraction of sp³-hybridized carbons (Fsp3) is 0.941. The molecule has 0 unspecified atom stereocenters. The highest BCUT2D eigenvalue weighted by atomic mass is 14.0. The van der Waals surface area contributed by atoms with Gasteiger partial charge in [0.15, 0.2) is 0 Å².